The molecular formula is C14H18N2S. The number of hydrogen-bond acceptors (Lipinski definition) is 3. The van der Waals surface area contributed by atoms with Crippen molar-refractivity contribution in [2.75, 3.05) is 24.2 Å². The van der Waals surface area contributed by atoms with Gasteiger partial charge in [0, 0.05) is 24.2 Å². The second-order valence-electron chi connectivity index (χ2n) is 4.68. The molecule has 0 amide bonds. The number of nitriles is 1. The largest absolute Gasteiger partial charge is 0.373 e. The van der Waals surface area contributed by atoms with E-state index in [0.717, 1.165) is 25.1 Å². The molecule has 1 aliphatic carbocycles. The summed E-state index contributed by atoms with van der Waals surface area (Å²) in [7, 11) is 2.07. The first kappa shape index (κ1) is 12.3. The minimum Gasteiger partial charge on any atom is -0.373 e. The average molecular weight is 246 g/mol. The molecule has 2 rings (SSSR count). The lowest BCUT2D eigenvalue weighted by Gasteiger charge is -2.22. The third-order valence-corrected chi connectivity index (χ3v) is 4.11. The highest BCUT2D eigenvalue weighted by molar-refractivity contribution is 7.99. The number of nitrogens with zero attached hydrogens (tertiary/aromatic N) is 2. The fourth-order valence-electron chi connectivity index (χ4n) is 1.96. The van der Waals surface area contributed by atoms with Crippen LogP contribution >= 0.6 is 11.8 Å². The van der Waals surface area contributed by atoms with Gasteiger partial charge in [-0.15, -0.1) is 11.8 Å². The van der Waals surface area contributed by atoms with Gasteiger partial charge in [-0.1, -0.05) is 6.92 Å². The lowest BCUT2D eigenvalue weighted by Crippen LogP contribution is -2.25. The SMILES string of the molecule is CCSc1ccc(N(C)CC2(C#N)CC2)cc1. The van der Waals surface area contributed by atoms with Gasteiger partial charge in [0.2, 0.25) is 0 Å². The Bertz CT molecular complexity index is 415. The van der Waals surface area contributed by atoms with Crippen LogP contribution in [0.1, 0.15) is 19.8 Å². The summed E-state index contributed by atoms with van der Waals surface area (Å²) in [5.74, 6) is 1.10. The van der Waals surface area contributed by atoms with E-state index in [1.807, 2.05) is 11.8 Å². The van der Waals surface area contributed by atoms with Crippen molar-refractivity contribution in [1.29, 1.82) is 5.26 Å². The predicted octanol–water partition coefficient (Wildman–Crippen LogP) is 3.54. The Hall–Kier alpha value is -1.14. The molecule has 1 saturated carbocycles. The van der Waals surface area contributed by atoms with Crippen LogP contribution in [-0.2, 0) is 0 Å². The second-order valence-corrected chi connectivity index (χ2v) is 6.01. The quantitative estimate of drug-likeness (QED) is 0.744. The van der Waals surface area contributed by atoms with Crippen LogP contribution in [0.15, 0.2) is 29.2 Å². The molecule has 0 saturated heterocycles. The van der Waals surface area contributed by atoms with Crippen LogP contribution in [0.2, 0.25) is 0 Å². The Kier molecular flexibility index (Phi) is 3.63. The summed E-state index contributed by atoms with van der Waals surface area (Å²) in [5, 5.41) is 9.09. The van der Waals surface area contributed by atoms with Crippen LogP contribution in [0, 0.1) is 16.7 Å². The fraction of sp³-hybridized carbons (Fsp3) is 0.500. The van der Waals surface area contributed by atoms with Gasteiger partial charge in [-0.2, -0.15) is 5.26 Å². The van der Waals surface area contributed by atoms with Crippen LogP contribution in [0.3, 0.4) is 0 Å². The summed E-state index contributed by atoms with van der Waals surface area (Å²) in [6.45, 7) is 3.01. The Labute approximate surface area is 108 Å². The minimum absolute atomic E-state index is 0.0639. The van der Waals surface area contributed by atoms with Gasteiger partial charge in [-0.3, -0.25) is 0 Å². The fourth-order valence-corrected chi connectivity index (χ4v) is 2.63. The molecule has 1 fully saturated rings. The van der Waals surface area contributed by atoms with E-state index in [9.17, 15) is 0 Å². The molecule has 0 aliphatic heterocycles. The molecule has 0 radical (unpaired) electrons. The van der Waals surface area contributed by atoms with Crippen molar-refractivity contribution in [1.82, 2.24) is 0 Å². The van der Waals surface area contributed by atoms with Crippen LogP contribution in [-0.4, -0.2) is 19.3 Å². The maximum atomic E-state index is 9.09. The zero-order valence-electron chi connectivity index (χ0n) is 10.4. The van der Waals surface area contributed by atoms with Gasteiger partial charge in [0.25, 0.3) is 0 Å². The minimum atomic E-state index is -0.0639. The van der Waals surface area contributed by atoms with E-state index in [0.29, 0.717) is 0 Å². The third-order valence-electron chi connectivity index (χ3n) is 3.22. The summed E-state index contributed by atoms with van der Waals surface area (Å²) >= 11 is 1.85. The lowest BCUT2D eigenvalue weighted by atomic mass is 10.1. The number of anilines is 1. The normalized spacial score (nSPS) is 16.3. The highest BCUT2D eigenvalue weighted by Crippen LogP contribution is 2.45. The van der Waals surface area contributed by atoms with E-state index in [1.54, 1.807) is 0 Å². The van der Waals surface area contributed by atoms with Crippen molar-refractivity contribution in [3.63, 3.8) is 0 Å². The molecule has 0 unspecified atom stereocenters. The van der Waals surface area contributed by atoms with E-state index >= 15 is 0 Å². The predicted molar refractivity (Wildman–Crippen MR) is 73.4 cm³/mol. The number of hydrogen-bond donors (Lipinski definition) is 0. The van der Waals surface area contributed by atoms with Crippen LogP contribution in [0.5, 0.6) is 0 Å². The van der Waals surface area contributed by atoms with Gasteiger partial charge < -0.3 is 4.90 Å². The number of benzene rings is 1. The molecule has 1 aromatic rings. The Morgan fingerprint density at radius 2 is 2.00 bits per heavy atom. The van der Waals surface area contributed by atoms with Crippen molar-refractivity contribution in [3.8, 4) is 6.07 Å². The van der Waals surface area contributed by atoms with Crippen LogP contribution in [0.4, 0.5) is 5.69 Å². The van der Waals surface area contributed by atoms with E-state index in [1.165, 1.54) is 10.6 Å². The molecule has 2 nitrogen and oxygen atoms in total. The van der Waals surface area contributed by atoms with Gasteiger partial charge in [-0.25, -0.2) is 0 Å². The molecule has 0 heterocycles. The van der Waals surface area contributed by atoms with Gasteiger partial charge >= 0.3 is 0 Å². The van der Waals surface area contributed by atoms with Gasteiger partial charge in [-0.05, 0) is 42.9 Å². The molecule has 1 aliphatic rings. The standard InChI is InChI=1S/C14H18N2S/c1-3-17-13-6-4-12(5-7-13)16(2)11-14(10-15)8-9-14/h4-7H,3,8-9,11H2,1-2H3. The van der Waals surface area contributed by atoms with Crippen molar-refractivity contribution in [2.24, 2.45) is 5.41 Å². The van der Waals surface area contributed by atoms with Gasteiger partial charge in [0.05, 0.1) is 11.5 Å². The van der Waals surface area contributed by atoms with Crippen LogP contribution < -0.4 is 4.90 Å². The van der Waals surface area contributed by atoms with Crippen molar-refractivity contribution in [2.45, 2.75) is 24.7 Å². The topological polar surface area (TPSA) is 27.0 Å². The summed E-state index contributed by atoms with van der Waals surface area (Å²) < 4.78 is 0. The van der Waals surface area contributed by atoms with E-state index in [-0.39, 0.29) is 5.41 Å². The monoisotopic (exact) mass is 246 g/mol. The first-order valence-corrected chi connectivity index (χ1v) is 7.03. The maximum Gasteiger partial charge on any atom is 0.0749 e. The van der Waals surface area contributed by atoms with Crippen molar-refractivity contribution in [3.05, 3.63) is 24.3 Å². The molecule has 0 aromatic heterocycles. The van der Waals surface area contributed by atoms with Gasteiger partial charge in [0.15, 0.2) is 0 Å². The van der Waals surface area contributed by atoms with E-state index in [4.69, 9.17) is 5.26 Å². The first-order valence-electron chi connectivity index (χ1n) is 6.04. The molecule has 90 valence electrons. The smallest absolute Gasteiger partial charge is 0.0749 e. The van der Waals surface area contributed by atoms with Crippen molar-refractivity contribution >= 4 is 17.4 Å². The number of thioether (sulfide) groups is 1. The lowest BCUT2D eigenvalue weighted by molar-refractivity contribution is 0.653. The van der Waals surface area contributed by atoms with Gasteiger partial charge in [0.1, 0.15) is 0 Å². The maximum absolute atomic E-state index is 9.09. The highest BCUT2D eigenvalue weighted by Gasteiger charge is 2.44. The molecule has 17 heavy (non-hydrogen) atoms. The molecular weight excluding hydrogens is 228 g/mol. The Morgan fingerprint density at radius 3 is 2.47 bits per heavy atom. The zero-order valence-corrected chi connectivity index (χ0v) is 11.3. The molecule has 0 N–H and O–H groups in total. The molecule has 0 atom stereocenters. The van der Waals surface area contributed by atoms with Crippen molar-refractivity contribution < 1.29 is 0 Å². The average Bonchev–Trinajstić information content (AvgIpc) is 3.11. The summed E-state index contributed by atoms with van der Waals surface area (Å²) in [6.07, 6.45) is 2.11. The van der Waals surface area contributed by atoms with E-state index < -0.39 is 0 Å². The van der Waals surface area contributed by atoms with Crippen LogP contribution in [0.25, 0.3) is 0 Å². The molecule has 0 spiro atoms. The summed E-state index contributed by atoms with van der Waals surface area (Å²) in [4.78, 5) is 3.50. The second kappa shape index (κ2) is 5.01. The van der Waals surface area contributed by atoms with E-state index in [2.05, 4.69) is 49.2 Å². The Balaban J connectivity index is 2.00. The first-order chi connectivity index (χ1) is 8.19. The number of rotatable bonds is 5. The molecule has 1 aromatic carbocycles. The zero-order chi connectivity index (χ0) is 12.3. The summed E-state index contributed by atoms with van der Waals surface area (Å²) in [6, 6.07) is 11.0. The molecule has 0 bridgehead atoms. The Morgan fingerprint density at radius 1 is 1.35 bits per heavy atom. The third kappa shape index (κ3) is 2.95. The highest BCUT2D eigenvalue weighted by atomic mass is 32.2. The molecule has 3 heteroatoms. The summed E-state index contributed by atoms with van der Waals surface area (Å²) in [5.41, 5.74) is 1.14.